The normalized spacial score (nSPS) is 17.6. The Balaban J connectivity index is 1.95. The Hall–Kier alpha value is -3.54. The Morgan fingerprint density at radius 3 is 2.07 bits per heavy atom. The molecule has 0 bridgehead atoms. The average Bonchev–Trinajstić information content (AvgIpc) is 2.78. The Bertz CT molecular complexity index is 1020. The number of benzene rings is 3. The second kappa shape index (κ2) is 8.06. The van der Waals surface area contributed by atoms with Gasteiger partial charge in [0.25, 0.3) is 0 Å². The van der Waals surface area contributed by atoms with Gasteiger partial charge in [-0.1, -0.05) is 18.2 Å². The monoisotopic (exact) mass is 408 g/mol. The molecule has 1 heterocycles. The van der Waals surface area contributed by atoms with Gasteiger partial charge in [-0.2, -0.15) is 0 Å². The van der Waals surface area contributed by atoms with Crippen molar-refractivity contribution in [3.63, 3.8) is 0 Å². The molecule has 156 valence electrons. The van der Waals surface area contributed by atoms with E-state index >= 15 is 0 Å². The van der Waals surface area contributed by atoms with Crippen LogP contribution in [0.25, 0.3) is 0 Å². The molecule has 3 aromatic carbocycles. The number of hydrogen-bond donors (Lipinski definition) is 2. The van der Waals surface area contributed by atoms with E-state index in [-0.39, 0.29) is 23.3 Å². The largest absolute Gasteiger partial charge is 0.508 e. The molecule has 1 aliphatic rings. The molecule has 0 spiro atoms. The summed E-state index contributed by atoms with van der Waals surface area (Å²) in [5.41, 5.74) is 2.80. The van der Waals surface area contributed by atoms with Crippen molar-refractivity contribution in [2.24, 2.45) is 0 Å². The van der Waals surface area contributed by atoms with Gasteiger partial charge in [0.15, 0.2) is 0 Å². The summed E-state index contributed by atoms with van der Waals surface area (Å²) in [7, 11) is 4.76. The maximum atomic E-state index is 10.1. The lowest BCUT2D eigenvalue weighted by Gasteiger charge is -2.36. The first-order valence-corrected chi connectivity index (χ1v) is 9.60. The lowest BCUT2D eigenvalue weighted by molar-refractivity contribution is 0.243. The highest BCUT2D eigenvalue weighted by Crippen LogP contribution is 2.52. The lowest BCUT2D eigenvalue weighted by atomic mass is 9.75. The number of phenols is 2. The number of rotatable bonds is 5. The number of ether oxygens (including phenoxy) is 4. The molecular weight excluding hydrogens is 384 g/mol. The number of methoxy groups -OCH3 is 3. The highest BCUT2D eigenvalue weighted by atomic mass is 16.5. The molecule has 3 aromatic rings. The molecular formula is C24H24O6. The van der Waals surface area contributed by atoms with Crippen LogP contribution in [0.5, 0.6) is 34.5 Å². The molecule has 0 aliphatic carbocycles. The van der Waals surface area contributed by atoms with E-state index < -0.39 is 0 Å². The molecule has 0 aromatic heterocycles. The second-order valence-corrected chi connectivity index (χ2v) is 7.15. The number of phenolic OH excluding ortho intramolecular Hbond substituents is 2. The van der Waals surface area contributed by atoms with Gasteiger partial charge in [0.1, 0.15) is 34.5 Å². The van der Waals surface area contributed by atoms with Crippen molar-refractivity contribution in [1.82, 2.24) is 0 Å². The molecule has 0 saturated heterocycles. The first-order valence-electron chi connectivity index (χ1n) is 9.60. The van der Waals surface area contributed by atoms with Crippen molar-refractivity contribution in [3.8, 4) is 34.5 Å². The van der Waals surface area contributed by atoms with Gasteiger partial charge in [-0.15, -0.1) is 0 Å². The van der Waals surface area contributed by atoms with E-state index in [0.29, 0.717) is 23.9 Å². The van der Waals surface area contributed by atoms with Gasteiger partial charge in [-0.05, 0) is 23.8 Å². The van der Waals surface area contributed by atoms with E-state index in [1.54, 1.807) is 45.6 Å². The Kier molecular flexibility index (Phi) is 5.31. The van der Waals surface area contributed by atoms with Crippen molar-refractivity contribution in [2.75, 3.05) is 27.9 Å². The van der Waals surface area contributed by atoms with Gasteiger partial charge in [-0.3, -0.25) is 0 Å². The summed E-state index contributed by atoms with van der Waals surface area (Å²) in [6, 6.07) is 16.0. The van der Waals surface area contributed by atoms with Crippen LogP contribution < -0.4 is 18.9 Å². The summed E-state index contributed by atoms with van der Waals surface area (Å²) >= 11 is 0. The molecule has 0 amide bonds. The minimum Gasteiger partial charge on any atom is -0.508 e. The minimum atomic E-state index is -0.172. The fraction of sp³-hybridized carbons (Fsp3) is 0.250. The third-order valence-electron chi connectivity index (χ3n) is 5.54. The summed E-state index contributed by atoms with van der Waals surface area (Å²) in [6.45, 7) is 0.419. The third-order valence-corrected chi connectivity index (χ3v) is 5.54. The first-order chi connectivity index (χ1) is 14.5. The molecule has 2 unspecified atom stereocenters. The predicted octanol–water partition coefficient (Wildman–Crippen LogP) is 4.43. The Morgan fingerprint density at radius 2 is 1.47 bits per heavy atom. The predicted molar refractivity (Wildman–Crippen MR) is 112 cm³/mol. The van der Waals surface area contributed by atoms with E-state index in [2.05, 4.69) is 0 Å². The topological polar surface area (TPSA) is 77.4 Å². The molecule has 6 nitrogen and oxygen atoms in total. The number of fused-ring (bicyclic) bond motifs is 1. The third kappa shape index (κ3) is 3.45. The molecule has 0 fully saturated rings. The molecule has 0 radical (unpaired) electrons. The van der Waals surface area contributed by atoms with Crippen molar-refractivity contribution >= 4 is 0 Å². The van der Waals surface area contributed by atoms with Gasteiger partial charge in [-0.25, -0.2) is 0 Å². The van der Waals surface area contributed by atoms with E-state index in [1.807, 2.05) is 30.3 Å². The van der Waals surface area contributed by atoms with Crippen molar-refractivity contribution < 1.29 is 29.2 Å². The van der Waals surface area contributed by atoms with Gasteiger partial charge in [0, 0.05) is 41.2 Å². The maximum Gasteiger partial charge on any atom is 0.130 e. The highest BCUT2D eigenvalue weighted by molar-refractivity contribution is 5.60. The van der Waals surface area contributed by atoms with Crippen LogP contribution in [0, 0.1) is 0 Å². The number of hydrogen-bond acceptors (Lipinski definition) is 6. The molecule has 30 heavy (non-hydrogen) atoms. The fourth-order valence-electron chi connectivity index (χ4n) is 4.11. The molecule has 1 aliphatic heterocycles. The molecule has 2 atom stereocenters. The van der Waals surface area contributed by atoms with Gasteiger partial charge in [0.2, 0.25) is 0 Å². The van der Waals surface area contributed by atoms with E-state index in [0.717, 1.165) is 22.4 Å². The number of aromatic hydroxyl groups is 2. The zero-order valence-electron chi connectivity index (χ0n) is 17.1. The lowest BCUT2D eigenvalue weighted by Crippen LogP contribution is -2.26. The summed E-state index contributed by atoms with van der Waals surface area (Å²) in [4.78, 5) is 0. The van der Waals surface area contributed by atoms with Crippen molar-refractivity contribution in [2.45, 2.75) is 11.8 Å². The van der Waals surface area contributed by atoms with Crippen LogP contribution >= 0.6 is 0 Å². The van der Waals surface area contributed by atoms with Crippen LogP contribution in [0.3, 0.4) is 0 Å². The molecule has 4 rings (SSSR count). The zero-order valence-corrected chi connectivity index (χ0v) is 17.1. The molecule has 2 N–H and O–H groups in total. The Morgan fingerprint density at radius 1 is 0.800 bits per heavy atom. The summed E-state index contributed by atoms with van der Waals surface area (Å²) in [5.74, 6) is 2.53. The SMILES string of the molecule is COc1ccc2c(c1)OCC(c1ccc(O)cc1)C2c1c(OC)cc(O)cc1OC. The average molecular weight is 408 g/mol. The summed E-state index contributed by atoms with van der Waals surface area (Å²) in [6.07, 6.45) is 0. The first kappa shape index (κ1) is 19.8. The van der Waals surface area contributed by atoms with Crippen molar-refractivity contribution in [3.05, 3.63) is 71.3 Å². The summed E-state index contributed by atoms with van der Waals surface area (Å²) in [5, 5.41) is 19.9. The van der Waals surface area contributed by atoms with E-state index in [9.17, 15) is 10.2 Å². The van der Waals surface area contributed by atoms with E-state index in [4.69, 9.17) is 18.9 Å². The van der Waals surface area contributed by atoms with Crippen molar-refractivity contribution in [1.29, 1.82) is 0 Å². The van der Waals surface area contributed by atoms with Crippen LogP contribution in [0.2, 0.25) is 0 Å². The fourth-order valence-corrected chi connectivity index (χ4v) is 4.11. The zero-order chi connectivity index (χ0) is 21.3. The smallest absolute Gasteiger partial charge is 0.130 e. The minimum absolute atomic E-state index is 0.0654. The van der Waals surface area contributed by atoms with Crippen LogP contribution in [0.4, 0.5) is 0 Å². The highest BCUT2D eigenvalue weighted by Gasteiger charge is 2.37. The maximum absolute atomic E-state index is 10.1. The van der Waals surface area contributed by atoms with Gasteiger partial charge >= 0.3 is 0 Å². The quantitative estimate of drug-likeness (QED) is 0.650. The molecule has 6 heteroatoms. The van der Waals surface area contributed by atoms with E-state index in [1.165, 1.54) is 0 Å². The standard InChI is InChI=1S/C24H24O6/c1-27-17-8-9-18-20(12-17)30-13-19(14-4-6-15(25)7-5-14)23(18)24-21(28-2)10-16(26)11-22(24)29-3/h4-12,19,23,25-26H,13H2,1-3H3. The van der Waals surface area contributed by atoms with Crippen LogP contribution in [-0.4, -0.2) is 38.1 Å². The van der Waals surface area contributed by atoms with Crippen LogP contribution in [0.15, 0.2) is 54.6 Å². The van der Waals surface area contributed by atoms with Crippen LogP contribution in [-0.2, 0) is 0 Å². The van der Waals surface area contributed by atoms with Crippen LogP contribution in [0.1, 0.15) is 28.5 Å². The second-order valence-electron chi connectivity index (χ2n) is 7.15. The molecule has 0 saturated carbocycles. The van der Waals surface area contributed by atoms with Gasteiger partial charge < -0.3 is 29.2 Å². The van der Waals surface area contributed by atoms with Gasteiger partial charge in [0.05, 0.1) is 27.9 Å². The summed E-state index contributed by atoms with van der Waals surface area (Å²) < 4.78 is 22.8. The Labute approximate surface area is 175 Å².